The van der Waals surface area contributed by atoms with Crippen molar-refractivity contribution >= 4 is 5.97 Å². The van der Waals surface area contributed by atoms with Crippen LogP contribution in [0.5, 0.6) is 0 Å². The second-order valence-electron chi connectivity index (χ2n) is 5.57. The first kappa shape index (κ1) is 17.4. The summed E-state index contributed by atoms with van der Waals surface area (Å²) >= 11 is 0. The maximum atomic E-state index is 11.7. The quantitative estimate of drug-likeness (QED) is 0.673. The van der Waals surface area contributed by atoms with Gasteiger partial charge in [0.1, 0.15) is 6.04 Å². The van der Waals surface area contributed by atoms with E-state index in [2.05, 4.69) is 29.1 Å². The number of hydrogen-bond donors (Lipinski definition) is 1. The summed E-state index contributed by atoms with van der Waals surface area (Å²) < 4.78 is 4.84. The predicted octanol–water partition coefficient (Wildman–Crippen LogP) is 0.944. The van der Waals surface area contributed by atoms with E-state index in [-0.39, 0.29) is 12.0 Å². The largest absolute Gasteiger partial charge is 0.468 e. The zero-order valence-electron chi connectivity index (χ0n) is 13.5. The topological polar surface area (TPSA) is 44.8 Å². The lowest BCUT2D eigenvalue weighted by Gasteiger charge is -2.36. The Kier molecular flexibility index (Phi) is 8.11. The van der Waals surface area contributed by atoms with Gasteiger partial charge in [0, 0.05) is 12.6 Å². The standard InChI is InChI=1S/C15H31N3O2/c1-5-16-14(15(19)20-4)9-10-17(3)13-7-11-18(6-2)12-8-13/h13-14,16H,5-12H2,1-4H3. The molecular formula is C15H31N3O2. The van der Waals surface area contributed by atoms with Gasteiger partial charge in [-0.15, -0.1) is 0 Å². The number of carbonyl (C=O) groups excluding carboxylic acids is 1. The highest BCUT2D eigenvalue weighted by atomic mass is 16.5. The van der Waals surface area contributed by atoms with E-state index in [0.29, 0.717) is 6.04 Å². The Morgan fingerprint density at radius 2 is 2.05 bits per heavy atom. The molecule has 1 fully saturated rings. The highest BCUT2D eigenvalue weighted by Crippen LogP contribution is 2.15. The van der Waals surface area contributed by atoms with E-state index >= 15 is 0 Å². The van der Waals surface area contributed by atoms with Gasteiger partial charge in [-0.05, 0) is 52.5 Å². The van der Waals surface area contributed by atoms with Crippen LogP contribution in [-0.2, 0) is 9.53 Å². The molecule has 0 spiro atoms. The third-order valence-electron chi connectivity index (χ3n) is 4.33. The Balaban J connectivity index is 2.34. The smallest absolute Gasteiger partial charge is 0.322 e. The minimum Gasteiger partial charge on any atom is -0.468 e. The summed E-state index contributed by atoms with van der Waals surface area (Å²) in [5, 5.41) is 3.20. The predicted molar refractivity (Wildman–Crippen MR) is 81.9 cm³/mol. The SMILES string of the molecule is CCNC(CCN(C)C1CCN(CC)CC1)C(=O)OC. The van der Waals surface area contributed by atoms with Crippen molar-refractivity contribution in [2.24, 2.45) is 0 Å². The third-order valence-corrected chi connectivity index (χ3v) is 4.33. The van der Waals surface area contributed by atoms with Gasteiger partial charge in [-0.1, -0.05) is 13.8 Å². The number of esters is 1. The van der Waals surface area contributed by atoms with Gasteiger partial charge in [0.15, 0.2) is 0 Å². The first-order valence-electron chi connectivity index (χ1n) is 7.86. The molecule has 0 saturated carbocycles. The highest BCUT2D eigenvalue weighted by molar-refractivity contribution is 5.75. The fourth-order valence-electron chi connectivity index (χ4n) is 2.88. The minimum atomic E-state index is -0.178. The molecule has 5 nitrogen and oxygen atoms in total. The Bertz CT molecular complexity index is 278. The molecule has 0 radical (unpaired) electrons. The fourth-order valence-corrected chi connectivity index (χ4v) is 2.88. The van der Waals surface area contributed by atoms with Gasteiger partial charge < -0.3 is 19.9 Å². The number of methoxy groups -OCH3 is 1. The van der Waals surface area contributed by atoms with E-state index in [1.165, 1.54) is 33.0 Å². The van der Waals surface area contributed by atoms with Crippen LogP contribution >= 0.6 is 0 Å². The number of likely N-dealkylation sites (tertiary alicyclic amines) is 1. The van der Waals surface area contributed by atoms with Crippen molar-refractivity contribution in [1.29, 1.82) is 0 Å². The van der Waals surface area contributed by atoms with Crippen molar-refractivity contribution in [3.63, 3.8) is 0 Å². The van der Waals surface area contributed by atoms with Crippen LogP contribution < -0.4 is 5.32 Å². The minimum absolute atomic E-state index is 0.152. The lowest BCUT2D eigenvalue weighted by atomic mass is 10.0. The number of nitrogens with one attached hydrogen (secondary N) is 1. The molecule has 1 atom stereocenters. The normalized spacial score (nSPS) is 19.2. The lowest BCUT2D eigenvalue weighted by Crippen LogP contribution is -2.45. The maximum Gasteiger partial charge on any atom is 0.322 e. The van der Waals surface area contributed by atoms with Crippen molar-refractivity contribution in [3.8, 4) is 0 Å². The molecule has 1 N–H and O–H groups in total. The summed E-state index contributed by atoms with van der Waals surface area (Å²) in [7, 11) is 3.63. The monoisotopic (exact) mass is 285 g/mol. The molecule has 1 saturated heterocycles. The van der Waals surface area contributed by atoms with Crippen molar-refractivity contribution in [1.82, 2.24) is 15.1 Å². The number of piperidine rings is 1. The van der Waals surface area contributed by atoms with Gasteiger partial charge in [0.25, 0.3) is 0 Å². The van der Waals surface area contributed by atoms with Gasteiger partial charge in [-0.3, -0.25) is 4.79 Å². The molecule has 118 valence electrons. The van der Waals surface area contributed by atoms with Crippen molar-refractivity contribution in [2.75, 3.05) is 46.9 Å². The molecule has 1 unspecified atom stereocenters. The molecule has 20 heavy (non-hydrogen) atoms. The van der Waals surface area contributed by atoms with Gasteiger partial charge in [0.2, 0.25) is 0 Å². The average Bonchev–Trinajstić information content (AvgIpc) is 2.50. The molecule has 1 aliphatic rings. The van der Waals surface area contributed by atoms with E-state index in [9.17, 15) is 4.79 Å². The summed E-state index contributed by atoms with van der Waals surface area (Å²) in [6.45, 7) is 9.50. The van der Waals surface area contributed by atoms with Crippen LogP contribution in [0, 0.1) is 0 Å². The summed E-state index contributed by atoms with van der Waals surface area (Å²) in [4.78, 5) is 16.6. The number of ether oxygens (including phenoxy) is 1. The Labute approximate surface area is 123 Å². The van der Waals surface area contributed by atoms with Crippen LogP contribution in [-0.4, -0.2) is 74.7 Å². The zero-order chi connectivity index (χ0) is 15.0. The Morgan fingerprint density at radius 3 is 2.55 bits per heavy atom. The van der Waals surface area contributed by atoms with E-state index < -0.39 is 0 Å². The lowest BCUT2D eigenvalue weighted by molar-refractivity contribution is -0.143. The second-order valence-corrected chi connectivity index (χ2v) is 5.57. The molecule has 0 aromatic rings. The van der Waals surface area contributed by atoms with Gasteiger partial charge >= 0.3 is 5.97 Å². The maximum absolute atomic E-state index is 11.7. The fraction of sp³-hybridized carbons (Fsp3) is 0.933. The zero-order valence-corrected chi connectivity index (χ0v) is 13.5. The van der Waals surface area contributed by atoms with Gasteiger partial charge in [0.05, 0.1) is 7.11 Å². The van der Waals surface area contributed by atoms with Crippen molar-refractivity contribution in [2.45, 2.75) is 45.2 Å². The van der Waals surface area contributed by atoms with Crippen LogP contribution in [0.4, 0.5) is 0 Å². The molecule has 0 aromatic carbocycles. The molecule has 1 aliphatic heterocycles. The van der Waals surface area contributed by atoms with E-state index in [1.54, 1.807) is 0 Å². The molecule has 0 bridgehead atoms. The third kappa shape index (κ3) is 5.38. The number of nitrogens with zero attached hydrogens (tertiary/aromatic N) is 2. The van der Waals surface area contributed by atoms with Gasteiger partial charge in [-0.2, -0.15) is 0 Å². The van der Waals surface area contributed by atoms with Crippen LogP contribution in [0.3, 0.4) is 0 Å². The molecule has 5 heteroatoms. The molecule has 0 aromatic heterocycles. The molecule has 1 heterocycles. The number of rotatable bonds is 8. The van der Waals surface area contributed by atoms with E-state index in [4.69, 9.17) is 4.74 Å². The average molecular weight is 285 g/mol. The van der Waals surface area contributed by atoms with E-state index in [1.807, 2.05) is 6.92 Å². The molecule has 0 aliphatic carbocycles. The molecule has 1 rings (SSSR count). The summed E-state index contributed by atoms with van der Waals surface area (Å²) in [6, 6.07) is 0.473. The van der Waals surface area contributed by atoms with Crippen LogP contribution in [0.15, 0.2) is 0 Å². The Hall–Kier alpha value is -0.650. The van der Waals surface area contributed by atoms with Gasteiger partial charge in [-0.25, -0.2) is 0 Å². The number of likely N-dealkylation sites (N-methyl/N-ethyl adjacent to an activating group) is 1. The van der Waals surface area contributed by atoms with Crippen LogP contribution in [0.1, 0.15) is 33.1 Å². The summed E-state index contributed by atoms with van der Waals surface area (Å²) in [5.74, 6) is -0.152. The van der Waals surface area contributed by atoms with Crippen molar-refractivity contribution < 1.29 is 9.53 Å². The molecular weight excluding hydrogens is 254 g/mol. The Morgan fingerprint density at radius 1 is 1.40 bits per heavy atom. The van der Waals surface area contributed by atoms with Crippen molar-refractivity contribution in [3.05, 3.63) is 0 Å². The molecule has 0 amide bonds. The van der Waals surface area contributed by atoms with E-state index in [0.717, 1.165) is 26.1 Å². The number of hydrogen-bond acceptors (Lipinski definition) is 5. The summed E-state index contributed by atoms with van der Waals surface area (Å²) in [5.41, 5.74) is 0. The first-order valence-corrected chi connectivity index (χ1v) is 7.86. The van der Waals surface area contributed by atoms with Crippen LogP contribution in [0.25, 0.3) is 0 Å². The van der Waals surface area contributed by atoms with Crippen LogP contribution in [0.2, 0.25) is 0 Å². The summed E-state index contributed by atoms with van der Waals surface area (Å²) in [6.07, 6.45) is 3.27. The second kappa shape index (κ2) is 9.32. The first-order chi connectivity index (χ1) is 9.62. The number of carbonyl (C=O) groups is 1. The highest BCUT2D eigenvalue weighted by Gasteiger charge is 2.23.